The molecule has 0 unspecified atom stereocenters. The van der Waals surface area contributed by atoms with E-state index in [-0.39, 0.29) is 5.92 Å². The molecule has 0 bridgehead atoms. The fraction of sp³-hybridized carbons (Fsp3) is 0.280. The van der Waals surface area contributed by atoms with Crippen molar-refractivity contribution in [2.45, 2.75) is 25.0 Å². The largest absolute Gasteiger partial charge is 0.497 e. The Morgan fingerprint density at radius 1 is 0.862 bits per heavy atom. The van der Waals surface area contributed by atoms with Crippen LogP contribution >= 0.6 is 0 Å². The van der Waals surface area contributed by atoms with Crippen LogP contribution in [0.2, 0.25) is 0 Å². The number of hydrogen-bond acceptors (Lipinski definition) is 4. The summed E-state index contributed by atoms with van der Waals surface area (Å²) in [5, 5.41) is 14.9. The third-order valence-electron chi connectivity index (χ3n) is 5.17. The van der Waals surface area contributed by atoms with Crippen LogP contribution in [0.15, 0.2) is 78.9 Å². The minimum absolute atomic E-state index is 0.149. The Morgan fingerprint density at radius 2 is 1.45 bits per heavy atom. The highest BCUT2D eigenvalue weighted by Crippen LogP contribution is 2.34. The Kier molecular flexibility index (Phi) is 6.91. The number of methoxy groups -OCH3 is 2. The molecule has 0 aliphatic carbocycles. The van der Waals surface area contributed by atoms with Gasteiger partial charge in [-0.1, -0.05) is 60.7 Å². The highest BCUT2D eigenvalue weighted by molar-refractivity contribution is 5.40. The van der Waals surface area contributed by atoms with Crippen LogP contribution in [0.4, 0.5) is 0 Å². The third-order valence-corrected chi connectivity index (χ3v) is 5.17. The van der Waals surface area contributed by atoms with Gasteiger partial charge >= 0.3 is 0 Å². The average molecular weight is 392 g/mol. The lowest BCUT2D eigenvalue weighted by atomic mass is 9.78. The predicted octanol–water partition coefficient (Wildman–Crippen LogP) is 4.38. The maximum atomic E-state index is 11.5. The molecule has 0 saturated carbocycles. The molecular formula is C25H29NO3. The fourth-order valence-corrected chi connectivity index (χ4v) is 3.77. The zero-order valence-electron chi connectivity index (χ0n) is 17.3. The molecule has 0 heterocycles. The van der Waals surface area contributed by atoms with E-state index in [1.807, 2.05) is 61.5 Å². The highest BCUT2D eigenvalue weighted by Gasteiger charge is 2.34. The van der Waals surface area contributed by atoms with E-state index in [2.05, 4.69) is 29.6 Å². The van der Waals surface area contributed by atoms with E-state index in [0.717, 1.165) is 28.2 Å². The van der Waals surface area contributed by atoms with Gasteiger partial charge in [0, 0.05) is 24.6 Å². The monoisotopic (exact) mass is 391 g/mol. The van der Waals surface area contributed by atoms with Crippen molar-refractivity contribution in [3.8, 4) is 11.5 Å². The zero-order valence-corrected chi connectivity index (χ0v) is 17.3. The number of nitrogens with one attached hydrogen (secondary N) is 1. The Bertz CT molecular complexity index is 855. The molecule has 0 spiro atoms. The van der Waals surface area contributed by atoms with Crippen molar-refractivity contribution in [3.05, 3.63) is 95.6 Å². The van der Waals surface area contributed by atoms with Gasteiger partial charge in [0.2, 0.25) is 0 Å². The van der Waals surface area contributed by atoms with Crippen molar-refractivity contribution >= 4 is 0 Å². The molecule has 0 aliphatic heterocycles. The fourth-order valence-electron chi connectivity index (χ4n) is 3.77. The normalized spacial score (nSPS) is 13.1. The SMILES string of the molecule is COc1ccc(OC)c(CNC[C@@](C)(O)C(c2ccccc2)c2ccccc2)c1. The summed E-state index contributed by atoms with van der Waals surface area (Å²) in [7, 11) is 3.30. The number of ether oxygens (including phenoxy) is 2. The summed E-state index contributed by atoms with van der Waals surface area (Å²) in [4.78, 5) is 0. The summed E-state index contributed by atoms with van der Waals surface area (Å²) in [6, 6.07) is 26.0. The van der Waals surface area contributed by atoms with E-state index < -0.39 is 5.60 Å². The van der Waals surface area contributed by atoms with Crippen LogP contribution in [-0.4, -0.2) is 31.5 Å². The number of rotatable bonds is 9. The first-order valence-electron chi connectivity index (χ1n) is 9.79. The van der Waals surface area contributed by atoms with Gasteiger partial charge in [-0.3, -0.25) is 0 Å². The van der Waals surface area contributed by atoms with Crippen LogP contribution in [0, 0.1) is 0 Å². The van der Waals surface area contributed by atoms with Crippen molar-refractivity contribution in [2.24, 2.45) is 0 Å². The van der Waals surface area contributed by atoms with E-state index in [0.29, 0.717) is 13.1 Å². The van der Waals surface area contributed by atoms with Crippen molar-refractivity contribution in [1.82, 2.24) is 5.32 Å². The van der Waals surface area contributed by atoms with Crippen LogP contribution in [-0.2, 0) is 6.54 Å². The van der Waals surface area contributed by atoms with Gasteiger partial charge in [0.15, 0.2) is 0 Å². The number of hydrogen-bond donors (Lipinski definition) is 2. The third kappa shape index (κ3) is 5.17. The van der Waals surface area contributed by atoms with Gasteiger partial charge in [0.1, 0.15) is 11.5 Å². The molecule has 0 aromatic heterocycles. The molecule has 0 saturated heterocycles. The standard InChI is InChI=1S/C25H29NO3/c1-25(27,18-26-17-21-16-22(28-2)14-15-23(21)29-3)24(19-10-6-4-7-11-19)20-12-8-5-9-13-20/h4-16,24,26-27H,17-18H2,1-3H3/t25-/m1/s1. The Labute approximate surface area is 173 Å². The van der Waals surface area contributed by atoms with Gasteiger partial charge in [-0.25, -0.2) is 0 Å². The van der Waals surface area contributed by atoms with Crippen molar-refractivity contribution in [3.63, 3.8) is 0 Å². The maximum absolute atomic E-state index is 11.5. The Morgan fingerprint density at radius 3 is 1.97 bits per heavy atom. The molecular weight excluding hydrogens is 362 g/mol. The minimum atomic E-state index is -0.991. The lowest BCUT2D eigenvalue weighted by molar-refractivity contribution is 0.0425. The van der Waals surface area contributed by atoms with Gasteiger partial charge in [-0.2, -0.15) is 0 Å². The molecule has 4 heteroatoms. The molecule has 0 amide bonds. The van der Waals surface area contributed by atoms with Crippen LogP contribution in [0.25, 0.3) is 0 Å². The van der Waals surface area contributed by atoms with E-state index in [1.54, 1.807) is 14.2 Å². The van der Waals surface area contributed by atoms with Crippen LogP contribution < -0.4 is 14.8 Å². The van der Waals surface area contributed by atoms with Crippen LogP contribution in [0.1, 0.15) is 29.5 Å². The smallest absolute Gasteiger partial charge is 0.123 e. The van der Waals surface area contributed by atoms with Crippen molar-refractivity contribution in [1.29, 1.82) is 0 Å². The van der Waals surface area contributed by atoms with E-state index in [1.165, 1.54) is 0 Å². The second kappa shape index (κ2) is 9.59. The Balaban J connectivity index is 1.79. The molecule has 0 fully saturated rings. The van der Waals surface area contributed by atoms with E-state index >= 15 is 0 Å². The van der Waals surface area contributed by atoms with Gasteiger partial charge < -0.3 is 19.9 Å². The molecule has 2 N–H and O–H groups in total. The van der Waals surface area contributed by atoms with E-state index in [9.17, 15) is 5.11 Å². The maximum Gasteiger partial charge on any atom is 0.123 e. The summed E-state index contributed by atoms with van der Waals surface area (Å²) in [6.07, 6.45) is 0. The second-order valence-corrected chi connectivity index (χ2v) is 7.39. The summed E-state index contributed by atoms with van der Waals surface area (Å²) in [5.74, 6) is 1.42. The molecule has 4 nitrogen and oxygen atoms in total. The summed E-state index contributed by atoms with van der Waals surface area (Å²) in [5.41, 5.74) is 2.17. The lowest BCUT2D eigenvalue weighted by Crippen LogP contribution is -2.43. The topological polar surface area (TPSA) is 50.7 Å². The second-order valence-electron chi connectivity index (χ2n) is 7.39. The van der Waals surface area contributed by atoms with Gasteiger partial charge in [-0.05, 0) is 36.2 Å². The Hall–Kier alpha value is -2.82. The number of benzene rings is 3. The van der Waals surface area contributed by atoms with Crippen molar-refractivity contribution in [2.75, 3.05) is 20.8 Å². The molecule has 0 radical (unpaired) electrons. The lowest BCUT2D eigenvalue weighted by Gasteiger charge is -2.34. The highest BCUT2D eigenvalue weighted by atomic mass is 16.5. The summed E-state index contributed by atoms with van der Waals surface area (Å²) < 4.78 is 10.8. The first-order chi connectivity index (χ1) is 14.0. The quantitative estimate of drug-likeness (QED) is 0.568. The molecule has 3 rings (SSSR count). The number of aliphatic hydroxyl groups is 1. The van der Waals surface area contributed by atoms with Gasteiger partial charge in [-0.15, -0.1) is 0 Å². The predicted molar refractivity (Wildman–Crippen MR) is 117 cm³/mol. The van der Waals surface area contributed by atoms with E-state index in [4.69, 9.17) is 9.47 Å². The summed E-state index contributed by atoms with van der Waals surface area (Å²) >= 11 is 0. The zero-order chi connectivity index (χ0) is 20.7. The minimum Gasteiger partial charge on any atom is -0.497 e. The average Bonchev–Trinajstić information content (AvgIpc) is 2.75. The van der Waals surface area contributed by atoms with Gasteiger partial charge in [0.05, 0.1) is 19.8 Å². The molecule has 3 aromatic carbocycles. The van der Waals surface area contributed by atoms with Gasteiger partial charge in [0.25, 0.3) is 0 Å². The molecule has 29 heavy (non-hydrogen) atoms. The van der Waals surface area contributed by atoms with Crippen LogP contribution in [0.3, 0.4) is 0 Å². The molecule has 152 valence electrons. The molecule has 1 atom stereocenters. The summed E-state index contributed by atoms with van der Waals surface area (Å²) in [6.45, 7) is 2.86. The molecule has 0 aliphatic rings. The first-order valence-corrected chi connectivity index (χ1v) is 9.79. The molecule has 3 aromatic rings. The first kappa shape index (κ1) is 20.9. The van der Waals surface area contributed by atoms with Crippen LogP contribution in [0.5, 0.6) is 11.5 Å². The van der Waals surface area contributed by atoms with Crippen molar-refractivity contribution < 1.29 is 14.6 Å².